The molecule has 3 N–H and O–H groups in total. The molecule has 0 aliphatic carbocycles. The molecule has 0 saturated carbocycles. The highest BCUT2D eigenvalue weighted by Crippen LogP contribution is 2.17. The quantitative estimate of drug-likeness (QED) is 0.903. The Morgan fingerprint density at radius 1 is 1.40 bits per heavy atom. The number of nitrogens with zero attached hydrogens (tertiary/aromatic N) is 2. The van der Waals surface area contributed by atoms with Crippen molar-refractivity contribution in [3.8, 4) is 0 Å². The van der Waals surface area contributed by atoms with Gasteiger partial charge in [0.2, 0.25) is 0 Å². The lowest BCUT2D eigenvalue weighted by Crippen LogP contribution is -2.23. The lowest BCUT2D eigenvalue weighted by atomic mass is 10.2. The van der Waals surface area contributed by atoms with Crippen molar-refractivity contribution in [1.29, 1.82) is 0 Å². The number of nitrogens with one attached hydrogen (secondary N) is 1. The normalized spacial score (nSPS) is 9.30. The maximum atomic E-state index is 11.9. The van der Waals surface area contributed by atoms with E-state index in [-0.39, 0.29) is 30.7 Å². The zero-order chi connectivity index (χ0) is 13.1. The summed E-state index contributed by atoms with van der Waals surface area (Å²) in [5.74, 6) is -0.217. The van der Waals surface area contributed by atoms with Crippen LogP contribution in [0.5, 0.6) is 0 Å². The number of thiazole rings is 1. The number of rotatable bonds is 3. The Hall–Kier alpha value is -1.37. The zero-order valence-electron chi connectivity index (χ0n) is 11.0. The van der Waals surface area contributed by atoms with Crippen molar-refractivity contribution in [2.45, 2.75) is 20.4 Å². The van der Waals surface area contributed by atoms with Crippen molar-refractivity contribution in [3.63, 3.8) is 0 Å². The van der Waals surface area contributed by atoms with E-state index in [9.17, 15) is 4.79 Å². The summed E-state index contributed by atoms with van der Waals surface area (Å²) in [6.45, 7) is 4.34. The van der Waals surface area contributed by atoms with Gasteiger partial charge in [0.15, 0.2) is 0 Å². The summed E-state index contributed by atoms with van der Waals surface area (Å²) in [5.41, 5.74) is 7.50. The molecule has 0 fully saturated rings. The number of anilines is 1. The second kappa shape index (κ2) is 8.04. The first-order chi connectivity index (χ1) is 8.58. The summed E-state index contributed by atoms with van der Waals surface area (Å²) < 4.78 is 0. The van der Waals surface area contributed by atoms with Gasteiger partial charge in [-0.3, -0.25) is 9.78 Å². The SMILES string of the molecule is Cc1nc(C)c(CNC(=O)c2cnccc2N)s1.Cl.Cl. The van der Waals surface area contributed by atoms with E-state index in [1.54, 1.807) is 23.6 Å². The van der Waals surface area contributed by atoms with Crippen molar-refractivity contribution < 1.29 is 4.79 Å². The van der Waals surface area contributed by atoms with E-state index in [0.29, 0.717) is 17.8 Å². The molecule has 0 bridgehead atoms. The number of nitrogen functional groups attached to an aromatic ring is 1. The molecule has 2 aromatic rings. The number of carbonyl (C=O) groups is 1. The maximum Gasteiger partial charge on any atom is 0.255 e. The summed E-state index contributed by atoms with van der Waals surface area (Å²) in [4.78, 5) is 21.2. The molecular weight excluding hydrogens is 319 g/mol. The summed E-state index contributed by atoms with van der Waals surface area (Å²) in [5, 5.41) is 3.82. The molecule has 5 nitrogen and oxygen atoms in total. The fourth-order valence-corrected chi connectivity index (χ4v) is 2.47. The molecule has 0 spiro atoms. The first-order valence-electron chi connectivity index (χ1n) is 5.48. The molecular formula is C12H16Cl2N4OS. The van der Waals surface area contributed by atoms with Crippen molar-refractivity contribution >= 4 is 47.7 Å². The Labute approximate surface area is 133 Å². The molecule has 0 radical (unpaired) electrons. The Morgan fingerprint density at radius 3 is 2.65 bits per heavy atom. The van der Waals surface area contributed by atoms with Crippen LogP contribution in [-0.2, 0) is 6.54 Å². The van der Waals surface area contributed by atoms with E-state index in [0.717, 1.165) is 15.6 Å². The first-order valence-corrected chi connectivity index (χ1v) is 6.30. The predicted molar refractivity (Wildman–Crippen MR) is 85.9 cm³/mol. The van der Waals surface area contributed by atoms with Gasteiger partial charge < -0.3 is 11.1 Å². The molecule has 0 atom stereocenters. The second-order valence-corrected chi connectivity index (χ2v) is 5.17. The molecule has 2 aromatic heterocycles. The van der Waals surface area contributed by atoms with Crippen LogP contribution in [0.25, 0.3) is 0 Å². The molecule has 0 unspecified atom stereocenters. The fraction of sp³-hybridized carbons (Fsp3) is 0.250. The number of aromatic nitrogens is 2. The zero-order valence-corrected chi connectivity index (χ0v) is 13.5. The van der Waals surface area contributed by atoms with E-state index >= 15 is 0 Å². The third kappa shape index (κ3) is 4.33. The molecule has 20 heavy (non-hydrogen) atoms. The van der Waals surface area contributed by atoms with E-state index in [2.05, 4.69) is 15.3 Å². The average molecular weight is 335 g/mol. The Morgan fingerprint density at radius 2 is 2.10 bits per heavy atom. The van der Waals surface area contributed by atoms with E-state index in [1.807, 2.05) is 13.8 Å². The van der Waals surface area contributed by atoms with Crippen LogP contribution in [0.1, 0.15) is 25.9 Å². The van der Waals surface area contributed by atoms with Crippen LogP contribution in [0, 0.1) is 13.8 Å². The van der Waals surface area contributed by atoms with Gasteiger partial charge in [-0.2, -0.15) is 0 Å². The number of carbonyl (C=O) groups excluding carboxylic acids is 1. The Kier molecular flexibility index (Phi) is 7.49. The van der Waals surface area contributed by atoms with Gasteiger partial charge in [0.25, 0.3) is 5.91 Å². The number of pyridine rings is 1. The highest BCUT2D eigenvalue weighted by Gasteiger charge is 2.11. The summed E-state index contributed by atoms with van der Waals surface area (Å²) in [6.07, 6.45) is 3.03. The van der Waals surface area contributed by atoms with Crippen molar-refractivity contribution in [3.05, 3.63) is 39.6 Å². The van der Waals surface area contributed by atoms with Crippen LogP contribution < -0.4 is 11.1 Å². The van der Waals surface area contributed by atoms with Gasteiger partial charge in [-0.25, -0.2) is 4.98 Å². The van der Waals surface area contributed by atoms with Gasteiger partial charge in [0, 0.05) is 23.0 Å². The van der Waals surface area contributed by atoms with Crippen molar-refractivity contribution in [1.82, 2.24) is 15.3 Å². The molecule has 0 aliphatic heterocycles. The van der Waals surface area contributed by atoms with Crippen LogP contribution in [0.15, 0.2) is 18.5 Å². The number of halogens is 2. The molecule has 8 heteroatoms. The highest BCUT2D eigenvalue weighted by atomic mass is 35.5. The number of hydrogen-bond acceptors (Lipinski definition) is 5. The van der Waals surface area contributed by atoms with Crippen LogP contribution in [-0.4, -0.2) is 15.9 Å². The summed E-state index contributed by atoms with van der Waals surface area (Å²) in [7, 11) is 0. The molecule has 1 amide bonds. The Balaban J connectivity index is 0.00000180. The minimum atomic E-state index is -0.217. The maximum absolute atomic E-state index is 11.9. The number of amides is 1. The van der Waals surface area contributed by atoms with Gasteiger partial charge >= 0.3 is 0 Å². The largest absolute Gasteiger partial charge is 0.398 e. The smallest absolute Gasteiger partial charge is 0.255 e. The third-order valence-corrected chi connectivity index (χ3v) is 3.58. The molecule has 0 aromatic carbocycles. The fourth-order valence-electron chi connectivity index (χ4n) is 1.59. The molecule has 2 rings (SSSR count). The highest BCUT2D eigenvalue weighted by molar-refractivity contribution is 7.11. The van der Waals surface area contributed by atoms with Crippen LogP contribution in [0.3, 0.4) is 0 Å². The lowest BCUT2D eigenvalue weighted by molar-refractivity contribution is 0.0952. The van der Waals surface area contributed by atoms with E-state index in [4.69, 9.17) is 5.73 Å². The van der Waals surface area contributed by atoms with Crippen molar-refractivity contribution in [2.24, 2.45) is 0 Å². The average Bonchev–Trinajstić information content (AvgIpc) is 2.65. The Bertz CT molecular complexity index is 589. The van der Waals surface area contributed by atoms with Gasteiger partial charge in [0.05, 0.1) is 22.8 Å². The number of nitrogens with two attached hydrogens (primary N) is 1. The predicted octanol–water partition coefficient (Wildman–Crippen LogP) is 2.51. The van der Waals surface area contributed by atoms with Crippen LogP contribution in [0.2, 0.25) is 0 Å². The van der Waals surface area contributed by atoms with Gasteiger partial charge in [-0.15, -0.1) is 36.2 Å². The minimum absolute atomic E-state index is 0. The monoisotopic (exact) mass is 334 g/mol. The third-order valence-electron chi connectivity index (χ3n) is 2.51. The van der Waals surface area contributed by atoms with Gasteiger partial charge in [0.1, 0.15) is 0 Å². The molecule has 0 saturated heterocycles. The van der Waals surface area contributed by atoms with Crippen LogP contribution in [0.4, 0.5) is 5.69 Å². The lowest BCUT2D eigenvalue weighted by Gasteiger charge is -2.05. The van der Waals surface area contributed by atoms with E-state index in [1.165, 1.54) is 6.20 Å². The molecule has 0 aliphatic rings. The first kappa shape index (κ1) is 18.6. The van der Waals surface area contributed by atoms with E-state index < -0.39 is 0 Å². The molecule has 2 heterocycles. The minimum Gasteiger partial charge on any atom is -0.398 e. The number of hydrogen-bond donors (Lipinski definition) is 2. The molecule has 110 valence electrons. The second-order valence-electron chi connectivity index (χ2n) is 3.89. The standard InChI is InChI=1S/C12H14N4OS.2ClH/c1-7-11(18-8(2)16-7)6-15-12(17)9-5-14-4-3-10(9)13;;/h3-5H,6H2,1-2H3,(H2,13,14)(H,15,17);2*1H. The number of aryl methyl sites for hydroxylation is 2. The van der Waals surface area contributed by atoms with Gasteiger partial charge in [-0.05, 0) is 19.9 Å². The summed E-state index contributed by atoms with van der Waals surface area (Å²) >= 11 is 1.58. The van der Waals surface area contributed by atoms with Crippen LogP contribution >= 0.6 is 36.2 Å². The van der Waals surface area contributed by atoms with Gasteiger partial charge in [-0.1, -0.05) is 0 Å². The topological polar surface area (TPSA) is 80.9 Å². The summed E-state index contributed by atoms with van der Waals surface area (Å²) in [6, 6.07) is 1.61. The van der Waals surface area contributed by atoms with Crippen molar-refractivity contribution in [2.75, 3.05) is 5.73 Å².